The van der Waals surface area contributed by atoms with Crippen LogP contribution in [-0.4, -0.2) is 24.3 Å². The summed E-state index contributed by atoms with van der Waals surface area (Å²) in [4.78, 5) is 2.09. The number of hydrogen-bond acceptors (Lipinski definition) is 2. The van der Waals surface area contributed by atoms with Crippen LogP contribution >= 0.6 is 0 Å². The van der Waals surface area contributed by atoms with Gasteiger partial charge < -0.3 is 4.90 Å². The fourth-order valence-electron chi connectivity index (χ4n) is 1.58. The molecule has 15 heavy (non-hydrogen) atoms. The van der Waals surface area contributed by atoms with Gasteiger partial charge in [-0.3, -0.25) is 5.10 Å². The van der Waals surface area contributed by atoms with Crippen LogP contribution in [0, 0.1) is 6.92 Å². The maximum Gasteiger partial charge on any atom is 0.0680 e. The van der Waals surface area contributed by atoms with E-state index in [0.717, 1.165) is 5.69 Å². The third-order valence-corrected chi connectivity index (χ3v) is 2.48. The molecule has 1 aromatic heterocycles. The van der Waals surface area contributed by atoms with E-state index in [9.17, 15) is 0 Å². The van der Waals surface area contributed by atoms with Crippen LogP contribution in [-0.2, 0) is 0 Å². The van der Waals surface area contributed by atoms with Gasteiger partial charge in [0.25, 0.3) is 0 Å². The van der Waals surface area contributed by atoms with Crippen molar-refractivity contribution >= 4 is 5.69 Å². The van der Waals surface area contributed by atoms with Crippen molar-refractivity contribution < 1.29 is 0 Å². The number of hydrogen-bond donors (Lipinski definition) is 1. The standard InChI is InChI=1S/C12H15N3/c1-9-8-13-14-12(9)10-5-4-6-11(7-10)15(2)3/h4-8H,1-3H3,(H,13,14). The number of aryl methyl sites for hydroxylation is 1. The number of nitrogens with zero attached hydrogens (tertiary/aromatic N) is 2. The first kappa shape index (κ1) is 9.77. The van der Waals surface area contributed by atoms with E-state index in [1.165, 1.54) is 16.8 Å². The molecule has 0 unspecified atom stereocenters. The van der Waals surface area contributed by atoms with Crippen molar-refractivity contribution in [3.05, 3.63) is 36.0 Å². The van der Waals surface area contributed by atoms with E-state index in [0.29, 0.717) is 0 Å². The predicted octanol–water partition coefficient (Wildman–Crippen LogP) is 2.45. The third kappa shape index (κ3) is 1.86. The highest BCUT2D eigenvalue weighted by atomic mass is 15.1. The van der Waals surface area contributed by atoms with E-state index >= 15 is 0 Å². The Hall–Kier alpha value is -1.77. The van der Waals surface area contributed by atoms with Crippen molar-refractivity contribution in [1.29, 1.82) is 0 Å². The second kappa shape index (κ2) is 3.77. The van der Waals surface area contributed by atoms with Crippen LogP contribution in [0.5, 0.6) is 0 Å². The second-order valence-corrected chi connectivity index (χ2v) is 3.87. The molecule has 0 radical (unpaired) electrons. The van der Waals surface area contributed by atoms with E-state index in [1.54, 1.807) is 0 Å². The quantitative estimate of drug-likeness (QED) is 0.809. The molecule has 1 N–H and O–H groups in total. The van der Waals surface area contributed by atoms with Crippen LogP contribution in [0.25, 0.3) is 11.3 Å². The van der Waals surface area contributed by atoms with Gasteiger partial charge in [0.2, 0.25) is 0 Å². The molecule has 0 fully saturated rings. The van der Waals surface area contributed by atoms with Gasteiger partial charge in [-0.15, -0.1) is 0 Å². The summed E-state index contributed by atoms with van der Waals surface area (Å²) in [5.41, 5.74) is 4.64. The first-order chi connectivity index (χ1) is 7.18. The molecule has 0 aliphatic carbocycles. The summed E-state index contributed by atoms with van der Waals surface area (Å²) in [6, 6.07) is 8.40. The minimum Gasteiger partial charge on any atom is -0.378 e. The molecule has 0 amide bonds. The van der Waals surface area contributed by atoms with Crippen LogP contribution in [0.3, 0.4) is 0 Å². The zero-order valence-electron chi connectivity index (χ0n) is 9.28. The fraction of sp³-hybridized carbons (Fsp3) is 0.250. The minimum absolute atomic E-state index is 1.10. The molecule has 0 atom stereocenters. The van der Waals surface area contributed by atoms with E-state index in [2.05, 4.69) is 46.3 Å². The average molecular weight is 201 g/mol. The molecule has 0 aliphatic rings. The Balaban J connectivity index is 2.46. The van der Waals surface area contributed by atoms with Gasteiger partial charge in [-0.1, -0.05) is 12.1 Å². The molecular weight excluding hydrogens is 186 g/mol. The lowest BCUT2D eigenvalue weighted by Crippen LogP contribution is -2.08. The summed E-state index contributed by atoms with van der Waals surface area (Å²) >= 11 is 0. The van der Waals surface area contributed by atoms with Crippen LogP contribution < -0.4 is 4.90 Å². The van der Waals surface area contributed by atoms with Crippen molar-refractivity contribution in [2.75, 3.05) is 19.0 Å². The van der Waals surface area contributed by atoms with Crippen LogP contribution in [0.1, 0.15) is 5.56 Å². The van der Waals surface area contributed by atoms with Crippen LogP contribution in [0.4, 0.5) is 5.69 Å². The first-order valence-corrected chi connectivity index (χ1v) is 4.96. The molecule has 3 nitrogen and oxygen atoms in total. The second-order valence-electron chi connectivity index (χ2n) is 3.87. The van der Waals surface area contributed by atoms with Crippen LogP contribution in [0.15, 0.2) is 30.5 Å². The van der Waals surface area contributed by atoms with Gasteiger partial charge in [0.1, 0.15) is 0 Å². The number of anilines is 1. The number of nitrogens with one attached hydrogen (secondary N) is 1. The molecule has 1 heterocycles. The number of H-pyrrole nitrogens is 1. The molecule has 78 valence electrons. The largest absolute Gasteiger partial charge is 0.378 e. The highest BCUT2D eigenvalue weighted by molar-refractivity contribution is 5.67. The average Bonchev–Trinajstić information content (AvgIpc) is 2.64. The van der Waals surface area contributed by atoms with Gasteiger partial charge >= 0.3 is 0 Å². The lowest BCUT2D eigenvalue weighted by atomic mass is 10.1. The zero-order valence-corrected chi connectivity index (χ0v) is 9.28. The van der Waals surface area contributed by atoms with Gasteiger partial charge in [-0.25, -0.2) is 0 Å². The van der Waals surface area contributed by atoms with Crippen molar-refractivity contribution in [2.24, 2.45) is 0 Å². The molecule has 0 aliphatic heterocycles. The summed E-state index contributed by atoms with van der Waals surface area (Å²) in [7, 11) is 4.08. The van der Waals surface area contributed by atoms with Crippen molar-refractivity contribution in [1.82, 2.24) is 10.2 Å². The summed E-state index contributed by atoms with van der Waals surface area (Å²) < 4.78 is 0. The highest BCUT2D eigenvalue weighted by Crippen LogP contribution is 2.24. The molecular formula is C12H15N3. The lowest BCUT2D eigenvalue weighted by Gasteiger charge is -2.13. The van der Waals surface area contributed by atoms with E-state index < -0.39 is 0 Å². The lowest BCUT2D eigenvalue weighted by molar-refractivity contribution is 1.09. The topological polar surface area (TPSA) is 31.9 Å². The van der Waals surface area contributed by atoms with Crippen molar-refractivity contribution in [2.45, 2.75) is 6.92 Å². The van der Waals surface area contributed by atoms with E-state index in [4.69, 9.17) is 0 Å². The molecule has 0 spiro atoms. The molecule has 0 bridgehead atoms. The number of aromatic amines is 1. The maximum absolute atomic E-state index is 4.03. The Morgan fingerprint density at radius 3 is 2.67 bits per heavy atom. The van der Waals surface area contributed by atoms with E-state index in [-0.39, 0.29) is 0 Å². The van der Waals surface area contributed by atoms with Gasteiger partial charge in [0.15, 0.2) is 0 Å². The smallest absolute Gasteiger partial charge is 0.0680 e. The Bertz CT molecular complexity index is 457. The van der Waals surface area contributed by atoms with Gasteiger partial charge in [-0.2, -0.15) is 5.10 Å². The summed E-state index contributed by atoms with van der Waals surface area (Å²) in [5.74, 6) is 0. The zero-order chi connectivity index (χ0) is 10.8. The Morgan fingerprint density at radius 1 is 1.27 bits per heavy atom. The molecule has 2 aromatic rings. The predicted molar refractivity (Wildman–Crippen MR) is 63.1 cm³/mol. The molecule has 3 heteroatoms. The monoisotopic (exact) mass is 201 g/mol. The molecule has 2 rings (SSSR count). The van der Waals surface area contributed by atoms with Gasteiger partial charge in [-0.05, 0) is 24.6 Å². The highest BCUT2D eigenvalue weighted by Gasteiger charge is 2.04. The van der Waals surface area contributed by atoms with Gasteiger partial charge in [0.05, 0.1) is 11.9 Å². The van der Waals surface area contributed by atoms with Crippen molar-refractivity contribution in [3.63, 3.8) is 0 Å². The maximum atomic E-state index is 4.03. The van der Waals surface area contributed by atoms with Crippen molar-refractivity contribution in [3.8, 4) is 11.3 Å². The minimum atomic E-state index is 1.10. The third-order valence-electron chi connectivity index (χ3n) is 2.48. The Labute approximate surface area is 89.7 Å². The molecule has 0 saturated carbocycles. The summed E-state index contributed by atoms with van der Waals surface area (Å²) in [6.07, 6.45) is 1.84. The first-order valence-electron chi connectivity index (χ1n) is 4.96. The fourth-order valence-corrected chi connectivity index (χ4v) is 1.58. The molecule has 0 saturated heterocycles. The summed E-state index contributed by atoms with van der Waals surface area (Å²) in [6.45, 7) is 2.06. The normalized spacial score (nSPS) is 10.3. The SMILES string of the molecule is Cc1cn[nH]c1-c1cccc(N(C)C)c1. The number of benzene rings is 1. The summed E-state index contributed by atoms with van der Waals surface area (Å²) in [5, 5.41) is 7.05. The molecule has 1 aromatic carbocycles. The Kier molecular flexibility index (Phi) is 2.46. The van der Waals surface area contributed by atoms with E-state index in [1.807, 2.05) is 20.3 Å². The van der Waals surface area contributed by atoms with Gasteiger partial charge in [0, 0.05) is 25.3 Å². The number of rotatable bonds is 2. The Morgan fingerprint density at radius 2 is 2.07 bits per heavy atom. The van der Waals surface area contributed by atoms with Crippen LogP contribution in [0.2, 0.25) is 0 Å². The number of aromatic nitrogens is 2.